The van der Waals surface area contributed by atoms with E-state index in [1.807, 2.05) is 13.8 Å². The second-order valence-corrected chi connectivity index (χ2v) is 6.70. The van der Waals surface area contributed by atoms with Gasteiger partial charge in [-0.15, -0.1) is 0 Å². The minimum absolute atomic E-state index is 0.166. The van der Waals surface area contributed by atoms with E-state index in [4.69, 9.17) is 0 Å². The Labute approximate surface area is 108 Å². The molecule has 1 saturated heterocycles. The largest absolute Gasteiger partial charge is 0.315 e. The predicted octanol–water partition coefficient (Wildman–Crippen LogP) is 0.448. The highest BCUT2D eigenvalue weighted by molar-refractivity contribution is 7.89. The number of hydrogen-bond donors (Lipinski definition) is 1. The van der Waals surface area contributed by atoms with Crippen molar-refractivity contribution in [1.29, 1.82) is 0 Å². The maximum Gasteiger partial charge on any atom is 0.246 e. The van der Waals surface area contributed by atoms with Crippen LogP contribution in [0.1, 0.15) is 26.3 Å². The smallest absolute Gasteiger partial charge is 0.246 e. The molecule has 0 aromatic carbocycles. The van der Waals surface area contributed by atoms with Gasteiger partial charge >= 0.3 is 0 Å². The van der Waals surface area contributed by atoms with E-state index >= 15 is 0 Å². The number of hydrogen-bond acceptors (Lipinski definition) is 4. The van der Waals surface area contributed by atoms with Gasteiger partial charge in [-0.25, -0.2) is 8.42 Å². The van der Waals surface area contributed by atoms with Crippen LogP contribution < -0.4 is 5.32 Å². The quantitative estimate of drug-likeness (QED) is 0.867. The summed E-state index contributed by atoms with van der Waals surface area (Å²) in [6, 6.07) is 0.166. The van der Waals surface area contributed by atoms with Crippen LogP contribution in [0.3, 0.4) is 0 Å². The highest BCUT2D eigenvalue weighted by Gasteiger charge is 2.26. The summed E-state index contributed by atoms with van der Waals surface area (Å²) in [5.41, 5.74) is 0. The van der Waals surface area contributed by atoms with Crippen molar-refractivity contribution in [2.24, 2.45) is 0 Å². The minimum Gasteiger partial charge on any atom is -0.315 e. The summed E-state index contributed by atoms with van der Waals surface area (Å²) in [6.07, 6.45) is 3.89. The van der Waals surface area contributed by atoms with Crippen molar-refractivity contribution < 1.29 is 8.42 Å². The van der Waals surface area contributed by atoms with Gasteiger partial charge in [0.25, 0.3) is 0 Å². The van der Waals surface area contributed by atoms with E-state index in [9.17, 15) is 8.42 Å². The van der Waals surface area contributed by atoms with E-state index in [2.05, 4.69) is 10.4 Å². The zero-order chi connectivity index (χ0) is 13.2. The Morgan fingerprint density at radius 3 is 2.78 bits per heavy atom. The Kier molecular flexibility index (Phi) is 4.04. The third kappa shape index (κ3) is 2.73. The molecule has 6 nitrogen and oxygen atoms in total. The summed E-state index contributed by atoms with van der Waals surface area (Å²) in [5, 5.41) is 7.29. The lowest BCUT2D eigenvalue weighted by atomic mass is 10.4. The Balaban J connectivity index is 2.23. The molecule has 0 amide bonds. The Hall–Kier alpha value is -0.920. The lowest BCUT2D eigenvalue weighted by Gasteiger charge is -2.18. The fourth-order valence-corrected chi connectivity index (χ4v) is 3.37. The number of rotatable bonds is 3. The van der Waals surface area contributed by atoms with E-state index in [1.54, 1.807) is 10.9 Å². The van der Waals surface area contributed by atoms with Crippen LogP contribution in [-0.4, -0.2) is 48.7 Å². The van der Waals surface area contributed by atoms with E-state index in [1.165, 1.54) is 10.5 Å². The Morgan fingerprint density at radius 1 is 1.33 bits per heavy atom. The van der Waals surface area contributed by atoms with Crippen LogP contribution in [0.25, 0.3) is 0 Å². The van der Waals surface area contributed by atoms with Gasteiger partial charge in [0.1, 0.15) is 4.90 Å². The molecule has 0 bridgehead atoms. The SMILES string of the molecule is CC(C)n1cc(S(=O)(=O)N2CCCNCC2)cn1. The van der Waals surface area contributed by atoms with Crippen molar-refractivity contribution >= 4 is 10.0 Å². The zero-order valence-electron chi connectivity index (χ0n) is 10.8. The molecule has 0 spiro atoms. The summed E-state index contributed by atoms with van der Waals surface area (Å²) in [6.45, 7) is 6.62. The van der Waals surface area contributed by atoms with Gasteiger partial charge in [0, 0.05) is 31.9 Å². The molecule has 1 aliphatic rings. The molecule has 2 heterocycles. The van der Waals surface area contributed by atoms with Crippen LogP contribution in [0.15, 0.2) is 17.3 Å². The fraction of sp³-hybridized carbons (Fsp3) is 0.727. The molecule has 18 heavy (non-hydrogen) atoms. The normalized spacial score (nSPS) is 19.1. The van der Waals surface area contributed by atoms with E-state index < -0.39 is 10.0 Å². The minimum atomic E-state index is -3.39. The number of sulfonamides is 1. The van der Waals surface area contributed by atoms with Gasteiger partial charge in [0.05, 0.1) is 6.20 Å². The van der Waals surface area contributed by atoms with Crippen molar-refractivity contribution in [3.8, 4) is 0 Å². The molecule has 1 aromatic heterocycles. The van der Waals surface area contributed by atoms with Crippen molar-refractivity contribution in [1.82, 2.24) is 19.4 Å². The molecule has 1 aliphatic heterocycles. The molecule has 2 rings (SSSR count). The van der Waals surface area contributed by atoms with Crippen LogP contribution in [0.5, 0.6) is 0 Å². The fourth-order valence-electron chi connectivity index (χ4n) is 1.95. The summed E-state index contributed by atoms with van der Waals surface area (Å²) in [7, 11) is -3.39. The average molecular weight is 272 g/mol. The second-order valence-electron chi connectivity index (χ2n) is 4.76. The third-order valence-corrected chi connectivity index (χ3v) is 4.90. The maximum absolute atomic E-state index is 12.4. The first-order valence-electron chi connectivity index (χ1n) is 6.27. The highest BCUT2D eigenvalue weighted by Crippen LogP contribution is 2.17. The molecule has 0 unspecified atom stereocenters. The summed E-state index contributed by atoms with van der Waals surface area (Å²) < 4.78 is 28.0. The Bertz CT molecular complexity index is 487. The first-order valence-corrected chi connectivity index (χ1v) is 7.71. The molecule has 0 atom stereocenters. The summed E-state index contributed by atoms with van der Waals surface area (Å²) >= 11 is 0. The maximum atomic E-state index is 12.4. The molecule has 0 radical (unpaired) electrons. The lowest BCUT2D eigenvalue weighted by Crippen LogP contribution is -2.34. The highest BCUT2D eigenvalue weighted by atomic mass is 32.2. The molecule has 1 aromatic rings. The molecule has 102 valence electrons. The zero-order valence-corrected chi connectivity index (χ0v) is 11.7. The van der Waals surface area contributed by atoms with Gasteiger partial charge in [-0.3, -0.25) is 4.68 Å². The number of nitrogens with zero attached hydrogens (tertiary/aromatic N) is 3. The third-order valence-electron chi connectivity index (χ3n) is 3.04. The van der Waals surface area contributed by atoms with E-state index in [-0.39, 0.29) is 10.9 Å². The molecule has 1 fully saturated rings. The predicted molar refractivity (Wildman–Crippen MR) is 68.9 cm³/mol. The Morgan fingerprint density at radius 2 is 2.11 bits per heavy atom. The van der Waals surface area contributed by atoms with Crippen LogP contribution >= 0.6 is 0 Å². The standard InChI is InChI=1S/C11H20N4O2S/c1-10(2)15-9-11(8-13-15)18(16,17)14-6-3-4-12-5-7-14/h8-10,12H,3-7H2,1-2H3. The van der Waals surface area contributed by atoms with Gasteiger partial charge < -0.3 is 5.32 Å². The average Bonchev–Trinajstić information content (AvgIpc) is 2.66. The molecular formula is C11H20N4O2S. The monoisotopic (exact) mass is 272 g/mol. The summed E-state index contributed by atoms with van der Waals surface area (Å²) in [5.74, 6) is 0. The molecule has 1 N–H and O–H groups in total. The lowest BCUT2D eigenvalue weighted by molar-refractivity contribution is 0.431. The number of nitrogens with one attached hydrogen (secondary N) is 1. The second kappa shape index (κ2) is 5.38. The van der Waals surface area contributed by atoms with Crippen molar-refractivity contribution in [2.75, 3.05) is 26.2 Å². The van der Waals surface area contributed by atoms with E-state index in [0.29, 0.717) is 19.6 Å². The first-order chi connectivity index (χ1) is 8.51. The van der Waals surface area contributed by atoms with Gasteiger partial charge in [0.2, 0.25) is 10.0 Å². The topological polar surface area (TPSA) is 67.2 Å². The van der Waals surface area contributed by atoms with Crippen molar-refractivity contribution in [3.05, 3.63) is 12.4 Å². The molecule has 0 saturated carbocycles. The first kappa shape index (κ1) is 13.5. The van der Waals surface area contributed by atoms with Gasteiger partial charge in [-0.1, -0.05) is 0 Å². The molecule has 7 heteroatoms. The summed E-state index contributed by atoms with van der Waals surface area (Å²) in [4.78, 5) is 0.290. The molecule has 0 aliphatic carbocycles. The van der Waals surface area contributed by atoms with Crippen LogP contribution in [0.2, 0.25) is 0 Å². The number of aromatic nitrogens is 2. The van der Waals surface area contributed by atoms with Gasteiger partial charge in [-0.2, -0.15) is 9.40 Å². The van der Waals surface area contributed by atoms with Gasteiger partial charge in [-0.05, 0) is 26.8 Å². The van der Waals surface area contributed by atoms with Crippen LogP contribution in [-0.2, 0) is 10.0 Å². The molecular weight excluding hydrogens is 252 g/mol. The van der Waals surface area contributed by atoms with Crippen LogP contribution in [0, 0.1) is 0 Å². The van der Waals surface area contributed by atoms with E-state index in [0.717, 1.165) is 13.0 Å². The van der Waals surface area contributed by atoms with Crippen molar-refractivity contribution in [3.63, 3.8) is 0 Å². The van der Waals surface area contributed by atoms with Crippen LogP contribution in [0.4, 0.5) is 0 Å². The van der Waals surface area contributed by atoms with Gasteiger partial charge in [0.15, 0.2) is 0 Å². The van der Waals surface area contributed by atoms with Crippen molar-refractivity contribution in [2.45, 2.75) is 31.2 Å².